The molecule has 0 spiro atoms. The van der Waals surface area contributed by atoms with Gasteiger partial charge in [0.05, 0.1) is 0 Å². The van der Waals surface area contributed by atoms with Crippen molar-refractivity contribution in [1.82, 2.24) is 0 Å². The summed E-state index contributed by atoms with van der Waals surface area (Å²) in [4.78, 5) is 23.4. The van der Waals surface area contributed by atoms with Crippen LogP contribution >= 0.6 is 0 Å². The molecule has 0 aliphatic heterocycles. The van der Waals surface area contributed by atoms with E-state index in [1.807, 2.05) is 38.1 Å². The molecule has 0 heterocycles. The zero-order chi connectivity index (χ0) is 17.1. The smallest absolute Gasteiger partial charge is 0.311 e. The quantitative estimate of drug-likeness (QED) is 0.388. The van der Waals surface area contributed by atoms with E-state index in [0.717, 1.165) is 24.0 Å². The Morgan fingerprint density at radius 2 is 1.78 bits per heavy atom. The largest absolute Gasteiger partial charge is 0.461 e. The molecule has 0 bridgehead atoms. The molecular formula is C19H26O4. The highest BCUT2D eigenvalue weighted by Gasteiger charge is 2.10. The average Bonchev–Trinajstić information content (AvgIpc) is 2.49. The summed E-state index contributed by atoms with van der Waals surface area (Å²) in [5.41, 5.74) is 2.14. The molecule has 23 heavy (non-hydrogen) atoms. The van der Waals surface area contributed by atoms with Crippen LogP contribution in [0.25, 0.3) is 0 Å². The van der Waals surface area contributed by atoms with Crippen LogP contribution in [0, 0.1) is 0 Å². The minimum atomic E-state index is -0.314. The van der Waals surface area contributed by atoms with E-state index >= 15 is 0 Å². The van der Waals surface area contributed by atoms with Crippen molar-refractivity contribution in [2.24, 2.45) is 0 Å². The van der Waals surface area contributed by atoms with Crippen molar-refractivity contribution in [3.63, 3.8) is 0 Å². The van der Waals surface area contributed by atoms with Crippen LogP contribution in [-0.2, 0) is 20.7 Å². The molecule has 126 valence electrons. The fourth-order valence-corrected chi connectivity index (χ4v) is 2.00. The molecule has 1 rings (SSSR count). The Kier molecular flexibility index (Phi) is 8.73. The second kappa shape index (κ2) is 10.6. The monoisotopic (exact) mass is 318 g/mol. The van der Waals surface area contributed by atoms with Crippen LogP contribution < -0.4 is 4.74 Å². The SMILES string of the molecule is CCCc1ccccc1OC(=O)CCCC(=O)OCC=C(C)C. The van der Waals surface area contributed by atoms with E-state index in [9.17, 15) is 9.59 Å². The van der Waals surface area contributed by atoms with Crippen LogP contribution in [-0.4, -0.2) is 18.5 Å². The minimum absolute atomic E-state index is 0.207. The highest BCUT2D eigenvalue weighted by atomic mass is 16.5. The lowest BCUT2D eigenvalue weighted by Gasteiger charge is -2.09. The van der Waals surface area contributed by atoms with Crippen molar-refractivity contribution < 1.29 is 19.1 Å². The van der Waals surface area contributed by atoms with Gasteiger partial charge in [0.25, 0.3) is 0 Å². The number of para-hydroxylation sites is 1. The number of allylic oxidation sites excluding steroid dienone is 1. The first-order chi connectivity index (χ1) is 11.0. The lowest BCUT2D eigenvalue weighted by molar-refractivity contribution is -0.142. The number of carbonyl (C=O) groups is 2. The number of hydrogen-bond acceptors (Lipinski definition) is 4. The normalized spacial score (nSPS) is 10.0. The number of hydrogen-bond donors (Lipinski definition) is 0. The zero-order valence-electron chi connectivity index (χ0n) is 14.3. The van der Waals surface area contributed by atoms with Crippen LogP contribution in [0.2, 0.25) is 0 Å². The Balaban J connectivity index is 2.32. The molecule has 0 N–H and O–H groups in total. The molecular weight excluding hydrogens is 292 g/mol. The van der Waals surface area contributed by atoms with Gasteiger partial charge in [-0.05, 0) is 44.4 Å². The molecule has 0 aliphatic carbocycles. The molecule has 0 unspecified atom stereocenters. The van der Waals surface area contributed by atoms with Crippen LogP contribution in [0.15, 0.2) is 35.9 Å². The highest BCUT2D eigenvalue weighted by Crippen LogP contribution is 2.20. The number of aryl methyl sites for hydroxylation is 1. The summed E-state index contributed by atoms with van der Waals surface area (Å²) < 4.78 is 10.4. The molecule has 0 saturated carbocycles. The van der Waals surface area contributed by atoms with Gasteiger partial charge >= 0.3 is 11.9 Å². The summed E-state index contributed by atoms with van der Waals surface area (Å²) in [6, 6.07) is 7.55. The molecule has 0 amide bonds. The van der Waals surface area contributed by atoms with Crippen molar-refractivity contribution in [1.29, 1.82) is 0 Å². The molecule has 0 aromatic heterocycles. The molecule has 1 aromatic carbocycles. The standard InChI is InChI=1S/C19H26O4/c1-4-8-16-9-5-6-10-17(16)23-19(21)12-7-11-18(20)22-14-13-15(2)3/h5-6,9-10,13H,4,7-8,11-12,14H2,1-3H3. The molecule has 0 saturated heterocycles. The summed E-state index contributed by atoms with van der Waals surface area (Å²) in [6.07, 6.45) is 4.58. The van der Waals surface area contributed by atoms with Gasteiger partial charge in [0.15, 0.2) is 0 Å². The van der Waals surface area contributed by atoms with Crippen molar-refractivity contribution >= 4 is 11.9 Å². The minimum Gasteiger partial charge on any atom is -0.461 e. The van der Waals surface area contributed by atoms with E-state index in [1.165, 1.54) is 0 Å². The number of esters is 2. The summed E-state index contributed by atoms with van der Waals surface area (Å²) in [7, 11) is 0. The van der Waals surface area contributed by atoms with E-state index in [1.54, 1.807) is 6.07 Å². The van der Waals surface area contributed by atoms with Gasteiger partial charge < -0.3 is 9.47 Å². The Morgan fingerprint density at radius 3 is 2.48 bits per heavy atom. The van der Waals surface area contributed by atoms with Gasteiger partial charge in [0, 0.05) is 12.8 Å². The molecule has 0 fully saturated rings. The van der Waals surface area contributed by atoms with Gasteiger partial charge in [-0.25, -0.2) is 0 Å². The first-order valence-electron chi connectivity index (χ1n) is 8.10. The first-order valence-corrected chi connectivity index (χ1v) is 8.10. The average molecular weight is 318 g/mol. The predicted molar refractivity (Wildman–Crippen MR) is 90.3 cm³/mol. The summed E-state index contributed by atoms with van der Waals surface area (Å²) in [6.45, 7) is 6.26. The van der Waals surface area contributed by atoms with Gasteiger partial charge in [0.1, 0.15) is 12.4 Å². The number of benzene rings is 1. The second-order valence-electron chi connectivity index (χ2n) is 5.65. The topological polar surface area (TPSA) is 52.6 Å². The van der Waals surface area contributed by atoms with Crippen LogP contribution in [0.3, 0.4) is 0 Å². The summed E-state index contributed by atoms with van der Waals surface area (Å²) in [5.74, 6) is 0.0119. The van der Waals surface area contributed by atoms with Crippen molar-refractivity contribution in [3.05, 3.63) is 41.5 Å². The van der Waals surface area contributed by atoms with Gasteiger partial charge in [-0.15, -0.1) is 0 Å². The first kappa shape index (κ1) is 18.9. The zero-order valence-corrected chi connectivity index (χ0v) is 14.3. The third-order valence-corrected chi connectivity index (χ3v) is 3.21. The van der Waals surface area contributed by atoms with Crippen LogP contribution in [0.5, 0.6) is 5.75 Å². The van der Waals surface area contributed by atoms with E-state index in [4.69, 9.17) is 9.47 Å². The number of ether oxygens (including phenoxy) is 2. The van der Waals surface area contributed by atoms with E-state index in [-0.39, 0.29) is 31.4 Å². The maximum absolute atomic E-state index is 11.9. The maximum atomic E-state index is 11.9. The van der Waals surface area contributed by atoms with Crippen molar-refractivity contribution in [2.45, 2.75) is 52.9 Å². The van der Waals surface area contributed by atoms with Gasteiger partial charge in [-0.3, -0.25) is 9.59 Å². The third-order valence-electron chi connectivity index (χ3n) is 3.21. The fourth-order valence-electron chi connectivity index (χ4n) is 2.00. The Morgan fingerprint density at radius 1 is 1.09 bits per heavy atom. The van der Waals surface area contributed by atoms with E-state index < -0.39 is 0 Å². The lowest BCUT2D eigenvalue weighted by Crippen LogP contribution is -2.11. The predicted octanol–water partition coefficient (Wildman–Crippen LogP) is 4.22. The van der Waals surface area contributed by atoms with Crippen molar-refractivity contribution in [2.75, 3.05) is 6.61 Å². The second-order valence-corrected chi connectivity index (χ2v) is 5.65. The summed E-state index contributed by atoms with van der Waals surface area (Å²) in [5, 5.41) is 0. The van der Waals surface area contributed by atoms with Gasteiger partial charge in [-0.2, -0.15) is 0 Å². The third kappa shape index (κ3) is 8.19. The maximum Gasteiger partial charge on any atom is 0.311 e. The fraction of sp³-hybridized carbons (Fsp3) is 0.474. The molecule has 4 heteroatoms. The van der Waals surface area contributed by atoms with Crippen LogP contribution in [0.4, 0.5) is 0 Å². The number of rotatable bonds is 9. The molecule has 1 aromatic rings. The Hall–Kier alpha value is -2.10. The molecule has 4 nitrogen and oxygen atoms in total. The highest BCUT2D eigenvalue weighted by molar-refractivity contribution is 5.74. The lowest BCUT2D eigenvalue weighted by atomic mass is 10.1. The van der Waals surface area contributed by atoms with Gasteiger partial charge in [0.2, 0.25) is 0 Å². The number of carbonyl (C=O) groups excluding carboxylic acids is 2. The van der Waals surface area contributed by atoms with Gasteiger partial charge in [-0.1, -0.05) is 37.1 Å². The molecule has 0 radical (unpaired) electrons. The Bertz CT molecular complexity index is 542. The van der Waals surface area contributed by atoms with Crippen molar-refractivity contribution in [3.8, 4) is 5.75 Å². The van der Waals surface area contributed by atoms with E-state index in [0.29, 0.717) is 12.2 Å². The summed E-state index contributed by atoms with van der Waals surface area (Å²) >= 11 is 0. The van der Waals surface area contributed by atoms with Crippen LogP contribution in [0.1, 0.15) is 52.0 Å². The Labute approximate surface area is 138 Å². The van der Waals surface area contributed by atoms with E-state index in [2.05, 4.69) is 6.92 Å². The molecule has 0 atom stereocenters. The molecule has 0 aliphatic rings.